The van der Waals surface area contributed by atoms with Crippen LogP contribution in [0.25, 0.3) is 0 Å². The minimum absolute atomic E-state index is 0.183. The zero-order valence-corrected chi connectivity index (χ0v) is 6.71. The molecule has 0 aromatic carbocycles. The van der Waals surface area contributed by atoms with Crippen molar-refractivity contribution in [3.8, 4) is 0 Å². The lowest BCUT2D eigenvalue weighted by molar-refractivity contribution is -0.163. The molecule has 0 saturated carbocycles. The van der Waals surface area contributed by atoms with Gasteiger partial charge in [0.1, 0.15) is 0 Å². The van der Waals surface area contributed by atoms with Gasteiger partial charge in [0.2, 0.25) is 0 Å². The molecule has 1 atom stereocenters. The van der Waals surface area contributed by atoms with E-state index in [4.69, 9.17) is 5.21 Å². The quantitative estimate of drug-likeness (QED) is 0.480. The molecule has 1 fully saturated rings. The first kappa shape index (κ1) is 8.27. The normalized spacial score (nSPS) is 31.1. The Bertz CT molecular complexity index is 191. The number of nitrogens with zero attached hydrogens (tertiary/aromatic N) is 1. The Kier molecular flexibility index (Phi) is 2.00. The monoisotopic (exact) mass is 155 g/mol. The average Bonchev–Trinajstić information content (AvgIpc) is 2.19. The summed E-state index contributed by atoms with van der Waals surface area (Å²) >= 11 is 0. The summed E-state index contributed by atoms with van der Waals surface area (Å²) in [6, 6.07) is 0. The molecule has 0 bridgehead atoms. The molecule has 3 heteroatoms. The number of carbonyl (C=O) groups excluding carboxylic acids is 1. The van der Waals surface area contributed by atoms with Gasteiger partial charge in [-0.2, -0.15) is 0 Å². The van der Waals surface area contributed by atoms with Crippen molar-refractivity contribution < 1.29 is 10.0 Å². The molecule has 1 heterocycles. The van der Waals surface area contributed by atoms with Gasteiger partial charge in [-0.15, -0.1) is 6.58 Å². The Morgan fingerprint density at radius 1 is 1.91 bits per heavy atom. The van der Waals surface area contributed by atoms with E-state index >= 15 is 0 Å². The van der Waals surface area contributed by atoms with Crippen LogP contribution in [0.1, 0.15) is 19.8 Å². The summed E-state index contributed by atoms with van der Waals surface area (Å²) in [5.41, 5.74) is -0.406. The van der Waals surface area contributed by atoms with E-state index in [0.29, 0.717) is 19.4 Å². The van der Waals surface area contributed by atoms with Gasteiger partial charge in [0.15, 0.2) is 0 Å². The molecule has 1 N–H and O–H groups in total. The number of amides is 1. The number of hydrogen-bond donors (Lipinski definition) is 1. The van der Waals surface area contributed by atoms with Crippen LogP contribution in [0.15, 0.2) is 12.7 Å². The van der Waals surface area contributed by atoms with Crippen LogP contribution in [0.2, 0.25) is 0 Å². The molecule has 0 aromatic heterocycles. The van der Waals surface area contributed by atoms with E-state index in [1.54, 1.807) is 6.08 Å². The van der Waals surface area contributed by atoms with Crippen LogP contribution >= 0.6 is 0 Å². The number of hydroxylamine groups is 2. The van der Waals surface area contributed by atoms with Crippen LogP contribution in [-0.2, 0) is 4.79 Å². The second kappa shape index (κ2) is 2.66. The van der Waals surface area contributed by atoms with Crippen molar-refractivity contribution in [1.82, 2.24) is 5.06 Å². The smallest absolute Gasteiger partial charge is 0.252 e. The highest BCUT2D eigenvalue weighted by Crippen LogP contribution is 2.33. The summed E-state index contributed by atoms with van der Waals surface area (Å²) in [6.45, 7) is 5.88. The maximum Gasteiger partial charge on any atom is 0.252 e. The fourth-order valence-corrected chi connectivity index (χ4v) is 1.38. The Balaban J connectivity index is 2.72. The molecule has 1 rings (SSSR count). The summed E-state index contributed by atoms with van der Waals surface area (Å²) in [6.07, 6.45) is 3.08. The minimum Gasteiger partial charge on any atom is -0.286 e. The zero-order chi connectivity index (χ0) is 8.48. The predicted octanol–water partition coefficient (Wildman–Crippen LogP) is 1.19. The molecule has 1 aliphatic heterocycles. The van der Waals surface area contributed by atoms with Gasteiger partial charge in [0.05, 0.1) is 5.41 Å². The molecule has 1 saturated heterocycles. The van der Waals surface area contributed by atoms with Gasteiger partial charge in [-0.1, -0.05) is 13.0 Å². The lowest BCUT2D eigenvalue weighted by atomic mass is 9.85. The maximum atomic E-state index is 11.2. The van der Waals surface area contributed by atoms with Gasteiger partial charge in [-0.25, -0.2) is 5.06 Å². The topological polar surface area (TPSA) is 40.5 Å². The Morgan fingerprint density at radius 2 is 2.55 bits per heavy atom. The van der Waals surface area contributed by atoms with Crippen LogP contribution in [0.4, 0.5) is 0 Å². The number of carbonyl (C=O) groups is 1. The Labute approximate surface area is 66.3 Å². The molecule has 0 radical (unpaired) electrons. The van der Waals surface area contributed by atoms with Gasteiger partial charge in [0, 0.05) is 6.54 Å². The molecule has 0 aromatic rings. The molecule has 0 unspecified atom stereocenters. The van der Waals surface area contributed by atoms with Crippen molar-refractivity contribution in [3.05, 3.63) is 12.7 Å². The van der Waals surface area contributed by atoms with Gasteiger partial charge >= 0.3 is 0 Å². The lowest BCUT2D eigenvalue weighted by Crippen LogP contribution is -2.29. The van der Waals surface area contributed by atoms with Crippen LogP contribution in [0, 0.1) is 5.41 Å². The number of hydrogen-bond acceptors (Lipinski definition) is 2. The van der Waals surface area contributed by atoms with Crippen molar-refractivity contribution in [2.24, 2.45) is 5.41 Å². The molecule has 0 spiro atoms. The number of allylic oxidation sites excluding steroid dienone is 1. The molecule has 3 nitrogen and oxygen atoms in total. The second-order valence-corrected chi connectivity index (χ2v) is 3.23. The van der Waals surface area contributed by atoms with E-state index in [1.165, 1.54) is 0 Å². The van der Waals surface area contributed by atoms with E-state index in [-0.39, 0.29) is 5.91 Å². The summed E-state index contributed by atoms with van der Waals surface area (Å²) in [5, 5.41) is 9.80. The molecular weight excluding hydrogens is 142 g/mol. The zero-order valence-electron chi connectivity index (χ0n) is 6.71. The molecule has 0 aliphatic carbocycles. The highest BCUT2D eigenvalue weighted by atomic mass is 16.5. The van der Waals surface area contributed by atoms with Crippen molar-refractivity contribution in [2.75, 3.05) is 6.54 Å². The highest BCUT2D eigenvalue weighted by molar-refractivity contribution is 5.83. The van der Waals surface area contributed by atoms with Crippen molar-refractivity contribution in [1.29, 1.82) is 0 Å². The summed E-state index contributed by atoms with van der Waals surface area (Å²) < 4.78 is 0. The second-order valence-electron chi connectivity index (χ2n) is 3.23. The molecule has 1 aliphatic rings. The van der Waals surface area contributed by atoms with E-state index in [2.05, 4.69) is 6.58 Å². The lowest BCUT2D eigenvalue weighted by Gasteiger charge is -2.18. The summed E-state index contributed by atoms with van der Waals surface area (Å²) in [7, 11) is 0. The third kappa shape index (κ3) is 1.28. The van der Waals surface area contributed by atoms with Crippen molar-refractivity contribution in [3.63, 3.8) is 0 Å². The fourth-order valence-electron chi connectivity index (χ4n) is 1.38. The third-order valence-electron chi connectivity index (χ3n) is 2.22. The van der Waals surface area contributed by atoms with E-state index in [9.17, 15) is 4.79 Å². The first-order valence-electron chi connectivity index (χ1n) is 3.72. The molecule has 11 heavy (non-hydrogen) atoms. The van der Waals surface area contributed by atoms with E-state index in [0.717, 1.165) is 5.06 Å². The van der Waals surface area contributed by atoms with Crippen LogP contribution < -0.4 is 0 Å². The molecule has 1 amide bonds. The van der Waals surface area contributed by atoms with E-state index in [1.807, 2.05) is 6.92 Å². The predicted molar refractivity (Wildman–Crippen MR) is 41.0 cm³/mol. The summed E-state index contributed by atoms with van der Waals surface area (Å²) in [4.78, 5) is 11.2. The van der Waals surface area contributed by atoms with E-state index < -0.39 is 5.41 Å². The summed E-state index contributed by atoms with van der Waals surface area (Å²) in [5.74, 6) is -0.183. The largest absolute Gasteiger partial charge is 0.286 e. The SMILES string of the molecule is C=CC[C@]1(C)CCN(O)C1=O. The first-order valence-corrected chi connectivity index (χ1v) is 3.72. The van der Waals surface area contributed by atoms with Gasteiger partial charge in [0.25, 0.3) is 5.91 Å². The van der Waals surface area contributed by atoms with Crippen LogP contribution in [0.5, 0.6) is 0 Å². The molecular formula is C8H13NO2. The van der Waals surface area contributed by atoms with Gasteiger partial charge in [-0.3, -0.25) is 10.0 Å². The third-order valence-corrected chi connectivity index (χ3v) is 2.22. The first-order chi connectivity index (χ1) is 5.10. The standard InChI is InChI=1S/C8H13NO2/c1-3-4-8(2)5-6-9(11)7(8)10/h3,11H,1,4-6H2,2H3/t8-/m1/s1. The van der Waals surface area contributed by atoms with Crippen molar-refractivity contribution >= 4 is 5.91 Å². The molecule has 62 valence electrons. The minimum atomic E-state index is -0.406. The average molecular weight is 155 g/mol. The van der Waals surface area contributed by atoms with Crippen molar-refractivity contribution in [2.45, 2.75) is 19.8 Å². The maximum absolute atomic E-state index is 11.2. The van der Waals surface area contributed by atoms with Crippen LogP contribution in [-0.4, -0.2) is 22.7 Å². The highest BCUT2D eigenvalue weighted by Gasteiger charge is 2.41. The van der Waals surface area contributed by atoms with Crippen LogP contribution in [0.3, 0.4) is 0 Å². The Hall–Kier alpha value is -0.830. The van der Waals surface area contributed by atoms with Gasteiger partial charge < -0.3 is 0 Å². The number of rotatable bonds is 2. The van der Waals surface area contributed by atoms with Gasteiger partial charge in [-0.05, 0) is 12.8 Å². The Morgan fingerprint density at radius 3 is 2.91 bits per heavy atom. The fraction of sp³-hybridized carbons (Fsp3) is 0.625.